The van der Waals surface area contributed by atoms with Gasteiger partial charge in [0.25, 0.3) is 0 Å². The molecule has 0 amide bonds. The number of phenols is 1. The van der Waals surface area contributed by atoms with E-state index in [9.17, 15) is 5.11 Å². The number of unbranched alkanes of at least 4 members (excludes halogenated alkanes) is 7. The van der Waals surface area contributed by atoms with Crippen molar-refractivity contribution >= 4 is 29.2 Å². The van der Waals surface area contributed by atoms with Gasteiger partial charge >= 0.3 is 0 Å². The SMILES string of the molecule is CCCCCCCCSc1ncnc(SCCCCCC(CC)Nc2cc(C(C)(C)C)c(O)c(C(C)(C)C)c2)n1. The molecule has 0 bridgehead atoms. The highest BCUT2D eigenvalue weighted by Crippen LogP contribution is 2.41. The van der Waals surface area contributed by atoms with E-state index >= 15 is 0 Å². The number of rotatable bonds is 18. The standard InChI is InChI=1S/C33H56N4OS2/c1-9-11-12-13-14-17-20-39-30-34-24-35-31(37-30)40-21-18-15-16-19-25(10-2)36-26-22-27(32(3,4)5)29(38)28(23-26)33(6,7)8/h22-25,36,38H,9-21H2,1-8H3. The minimum absolute atomic E-state index is 0.118. The van der Waals surface area contributed by atoms with E-state index in [4.69, 9.17) is 0 Å². The van der Waals surface area contributed by atoms with Crippen molar-refractivity contribution in [1.29, 1.82) is 0 Å². The number of aromatic nitrogens is 3. The highest BCUT2D eigenvalue weighted by molar-refractivity contribution is 7.99. The normalized spacial score (nSPS) is 13.0. The highest BCUT2D eigenvalue weighted by atomic mass is 32.2. The van der Waals surface area contributed by atoms with Gasteiger partial charge in [0.2, 0.25) is 0 Å². The molecule has 1 heterocycles. The first-order valence-electron chi connectivity index (χ1n) is 15.5. The molecule has 0 aliphatic carbocycles. The van der Waals surface area contributed by atoms with Crippen LogP contribution in [0.3, 0.4) is 0 Å². The van der Waals surface area contributed by atoms with Crippen molar-refractivity contribution in [1.82, 2.24) is 15.0 Å². The van der Waals surface area contributed by atoms with E-state index in [0.717, 1.165) is 57.9 Å². The number of hydrogen-bond acceptors (Lipinski definition) is 7. The molecule has 0 fully saturated rings. The number of phenolic OH excluding ortho intramolecular Hbond substituents is 1. The summed E-state index contributed by atoms with van der Waals surface area (Å²) in [5.74, 6) is 2.57. The number of anilines is 1. The first kappa shape index (κ1) is 34.7. The van der Waals surface area contributed by atoms with Gasteiger partial charge in [0.05, 0.1) is 0 Å². The van der Waals surface area contributed by atoms with Gasteiger partial charge in [0.1, 0.15) is 12.1 Å². The summed E-state index contributed by atoms with van der Waals surface area (Å²) in [4.78, 5) is 13.4. The van der Waals surface area contributed by atoms with E-state index < -0.39 is 0 Å². The van der Waals surface area contributed by atoms with E-state index in [-0.39, 0.29) is 10.8 Å². The predicted octanol–water partition coefficient (Wildman–Crippen LogP) is 10.2. The molecular formula is C33H56N4OS2. The lowest BCUT2D eigenvalue weighted by atomic mass is 9.79. The van der Waals surface area contributed by atoms with Crippen LogP contribution in [0.5, 0.6) is 5.75 Å². The fourth-order valence-corrected chi connectivity index (χ4v) is 6.43. The van der Waals surface area contributed by atoms with E-state index in [1.807, 2.05) is 0 Å². The Hall–Kier alpha value is -1.47. The molecule has 2 aromatic rings. The Morgan fingerprint density at radius 1 is 0.750 bits per heavy atom. The Labute approximate surface area is 253 Å². The van der Waals surface area contributed by atoms with Crippen molar-refractivity contribution in [2.45, 2.75) is 153 Å². The lowest BCUT2D eigenvalue weighted by Crippen LogP contribution is -2.21. The summed E-state index contributed by atoms with van der Waals surface area (Å²) >= 11 is 3.51. The van der Waals surface area contributed by atoms with Crippen LogP contribution in [0, 0.1) is 0 Å². The van der Waals surface area contributed by atoms with Gasteiger partial charge in [0.15, 0.2) is 10.3 Å². The fourth-order valence-electron chi connectivity index (χ4n) is 4.76. The lowest BCUT2D eigenvalue weighted by molar-refractivity contribution is 0.423. The Bertz CT molecular complexity index is 966. The largest absolute Gasteiger partial charge is 0.507 e. The molecule has 0 aliphatic heterocycles. The smallest absolute Gasteiger partial charge is 0.191 e. The molecule has 1 aromatic carbocycles. The summed E-state index contributed by atoms with van der Waals surface area (Å²) in [6.07, 6.45) is 15.3. The molecule has 226 valence electrons. The second-order valence-corrected chi connectivity index (χ2v) is 15.2. The van der Waals surface area contributed by atoms with Gasteiger partial charge in [-0.05, 0) is 48.6 Å². The molecule has 5 nitrogen and oxygen atoms in total. The first-order valence-corrected chi connectivity index (χ1v) is 17.5. The molecule has 1 atom stereocenters. The van der Waals surface area contributed by atoms with Gasteiger partial charge in [-0.2, -0.15) is 4.98 Å². The van der Waals surface area contributed by atoms with Gasteiger partial charge in [0, 0.05) is 34.4 Å². The molecule has 0 saturated carbocycles. The predicted molar refractivity (Wildman–Crippen MR) is 176 cm³/mol. The van der Waals surface area contributed by atoms with Crippen LogP contribution in [0.2, 0.25) is 0 Å². The summed E-state index contributed by atoms with van der Waals surface area (Å²) in [6.45, 7) is 17.5. The molecule has 0 aliphatic rings. The Balaban J connectivity index is 1.76. The van der Waals surface area contributed by atoms with Gasteiger partial charge in [-0.25, -0.2) is 9.97 Å². The van der Waals surface area contributed by atoms with Crippen molar-refractivity contribution in [3.05, 3.63) is 29.6 Å². The third kappa shape index (κ3) is 12.6. The summed E-state index contributed by atoms with van der Waals surface area (Å²) < 4.78 is 0. The molecule has 0 spiro atoms. The zero-order valence-corrected chi connectivity index (χ0v) is 28.2. The number of benzene rings is 1. The summed E-state index contributed by atoms with van der Waals surface area (Å²) in [5.41, 5.74) is 2.91. The Morgan fingerprint density at radius 2 is 1.25 bits per heavy atom. The fraction of sp³-hybridized carbons (Fsp3) is 0.727. The van der Waals surface area contributed by atoms with Crippen LogP contribution < -0.4 is 5.32 Å². The maximum absolute atomic E-state index is 11.0. The average Bonchev–Trinajstić information content (AvgIpc) is 2.89. The van der Waals surface area contributed by atoms with Crippen molar-refractivity contribution < 1.29 is 5.11 Å². The molecule has 2 N–H and O–H groups in total. The zero-order chi connectivity index (χ0) is 29.6. The van der Waals surface area contributed by atoms with Gasteiger partial charge in [-0.3, -0.25) is 0 Å². The number of aromatic hydroxyl groups is 1. The molecule has 1 unspecified atom stereocenters. The molecule has 1 aromatic heterocycles. The molecule has 0 radical (unpaired) electrons. The third-order valence-electron chi connectivity index (χ3n) is 7.27. The number of hydrogen-bond donors (Lipinski definition) is 2. The van der Waals surface area contributed by atoms with Crippen molar-refractivity contribution in [2.24, 2.45) is 0 Å². The van der Waals surface area contributed by atoms with Crippen LogP contribution >= 0.6 is 23.5 Å². The minimum Gasteiger partial charge on any atom is -0.507 e. The first-order chi connectivity index (χ1) is 19.0. The number of nitrogens with one attached hydrogen (secondary N) is 1. The number of nitrogens with zero attached hydrogens (tertiary/aromatic N) is 3. The van der Waals surface area contributed by atoms with Crippen molar-refractivity contribution in [3.8, 4) is 5.75 Å². The maximum Gasteiger partial charge on any atom is 0.191 e. The number of thioether (sulfide) groups is 2. The maximum atomic E-state index is 11.0. The van der Waals surface area contributed by atoms with E-state index in [2.05, 4.69) is 87.8 Å². The van der Waals surface area contributed by atoms with Crippen molar-refractivity contribution in [3.63, 3.8) is 0 Å². The monoisotopic (exact) mass is 588 g/mol. The van der Waals surface area contributed by atoms with Gasteiger partial charge in [-0.15, -0.1) is 0 Å². The summed E-state index contributed by atoms with van der Waals surface area (Å²) in [7, 11) is 0. The van der Waals surface area contributed by atoms with Crippen LogP contribution in [-0.2, 0) is 10.8 Å². The highest BCUT2D eigenvalue weighted by Gasteiger charge is 2.27. The molecule has 40 heavy (non-hydrogen) atoms. The average molecular weight is 589 g/mol. The molecular weight excluding hydrogens is 533 g/mol. The zero-order valence-electron chi connectivity index (χ0n) is 26.6. The summed E-state index contributed by atoms with van der Waals surface area (Å²) in [5, 5.41) is 16.5. The van der Waals surface area contributed by atoms with Crippen LogP contribution in [0.1, 0.15) is 137 Å². The molecule has 7 heteroatoms. The summed E-state index contributed by atoms with van der Waals surface area (Å²) in [6, 6.07) is 4.73. The third-order valence-corrected chi connectivity index (χ3v) is 9.17. The topological polar surface area (TPSA) is 70.9 Å². The van der Waals surface area contributed by atoms with Gasteiger partial charge < -0.3 is 10.4 Å². The van der Waals surface area contributed by atoms with Crippen LogP contribution in [0.15, 0.2) is 28.8 Å². The lowest BCUT2D eigenvalue weighted by Gasteiger charge is -2.29. The molecule has 2 rings (SSSR count). The second-order valence-electron chi connectivity index (χ2n) is 13.0. The minimum atomic E-state index is -0.118. The van der Waals surface area contributed by atoms with Gasteiger partial charge in [-0.1, -0.05) is 124 Å². The Kier molecular flexibility index (Phi) is 15.2. The second kappa shape index (κ2) is 17.5. The van der Waals surface area contributed by atoms with E-state index in [1.165, 1.54) is 51.4 Å². The molecule has 0 saturated heterocycles. The quantitative estimate of drug-likeness (QED) is 0.102. The van der Waals surface area contributed by atoms with E-state index in [0.29, 0.717) is 11.8 Å². The van der Waals surface area contributed by atoms with Crippen LogP contribution in [0.25, 0.3) is 0 Å². The van der Waals surface area contributed by atoms with Crippen LogP contribution in [0.4, 0.5) is 5.69 Å². The van der Waals surface area contributed by atoms with Crippen LogP contribution in [-0.4, -0.2) is 37.6 Å². The van der Waals surface area contributed by atoms with E-state index in [1.54, 1.807) is 29.9 Å². The van der Waals surface area contributed by atoms with Crippen molar-refractivity contribution in [2.75, 3.05) is 16.8 Å². The Morgan fingerprint density at radius 3 is 1.75 bits per heavy atom.